The number of methoxy groups -OCH3 is 4. The van der Waals surface area contributed by atoms with Crippen LogP contribution in [0.4, 0.5) is 11.4 Å². The van der Waals surface area contributed by atoms with Crippen molar-refractivity contribution in [2.75, 3.05) is 90.6 Å². The number of anilines is 2. The molecule has 65 heavy (non-hydrogen) atoms. The Kier molecular flexibility index (Phi) is 16.5. The lowest BCUT2D eigenvalue weighted by Gasteiger charge is -2.22. The number of imide groups is 2. The van der Waals surface area contributed by atoms with Crippen molar-refractivity contribution in [3.63, 3.8) is 0 Å². The van der Waals surface area contributed by atoms with Gasteiger partial charge in [0.15, 0.2) is 0 Å². The van der Waals surface area contributed by atoms with Gasteiger partial charge in [-0.3, -0.25) is 38.4 Å². The van der Waals surface area contributed by atoms with Crippen molar-refractivity contribution in [1.29, 1.82) is 0 Å². The summed E-state index contributed by atoms with van der Waals surface area (Å²) in [5, 5.41) is 8.04. The molecule has 0 spiro atoms. The SMILES string of the molecule is COC(=O)CCN(CCNC1CC(=O)N(c2ccc(-n3c4ccccc4c4cc(N5C(=O)CC(NCCN(CCC(=O)OC)CCC(=O)OC)C5=O)ccc43)cc2)C1=O)CCC(=O)OC. The predicted octanol–water partition coefficient (Wildman–Crippen LogP) is 2.08. The Balaban J connectivity index is 1.12. The molecule has 2 aliphatic rings. The molecule has 1 aromatic heterocycles. The van der Waals surface area contributed by atoms with Crippen LogP contribution in [-0.4, -0.2) is 155 Å². The number of para-hydroxylation sites is 1. The van der Waals surface area contributed by atoms with Gasteiger partial charge in [0.2, 0.25) is 11.8 Å². The van der Waals surface area contributed by atoms with E-state index in [9.17, 15) is 38.4 Å². The molecule has 4 amide bonds. The van der Waals surface area contributed by atoms with Crippen LogP contribution < -0.4 is 20.4 Å². The highest BCUT2D eigenvalue weighted by Gasteiger charge is 2.40. The quantitative estimate of drug-likeness (QED) is 0.0619. The van der Waals surface area contributed by atoms with E-state index in [0.29, 0.717) is 63.7 Å². The average molecular weight is 898 g/mol. The van der Waals surface area contributed by atoms with E-state index >= 15 is 0 Å². The van der Waals surface area contributed by atoms with Gasteiger partial charge in [0.1, 0.15) is 0 Å². The maximum absolute atomic E-state index is 13.7. The zero-order valence-electron chi connectivity index (χ0n) is 37.0. The third-order valence-electron chi connectivity index (χ3n) is 11.7. The van der Waals surface area contributed by atoms with E-state index in [1.807, 2.05) is 62.9 Å². The van der Waals surface area contributed by atoms with Gasteiger partial charge in [-0.25, -0.2) is 9.80 Å². The minimum atomic E-state index is -0.763. The fraction of sp³-hybridized carbons (Fsp3) is 0.435. The lowest BCUT2D eigenvalue weighted by molar-refractivity contribution is -0.142. The van der Waals surface area contributed by atoms with Gasteiger partial charge in [0.25, 0.3) is 11.8 Å². The number of amides is 4. The second-order valence-electron chi connectivity index (χ2n) is 15.6. The molecule has 0 bridgehead atoms. The molecular weight excluding hydrogens is 843 g/mol. The van der Waals surface area contributed by atoms with Gasteiger partial charge in [-0.15, -0.1) is 0 Å². The highest BCUT2D eigenvalue weighted by atomic mass is 16.5. The summed E-state index contributed by atoms with van der Waals surface area (Å²) in [4.78, 5) is 107. The Morgan fingerprint density at radius 1 is 0.523 bits per heavy atom. The number of ether oxygens (including phenoxy) is 4. The van der Waals surface area contributed by atoms with Crippen molar-refractivity contribution in [1.82, 2.24) is 25.0 Å². The van der Waals surface area contributed by atoms with Crippen molar-refractivity contribution < 1.29 is 57.3 Å². The number of rotatable bonds is 23. The summed E-state index contributed by atoms with van der Waals surface area (Å²) >= 11 is 0. The molecule has 2 aliphatic heterocycles. The Labute approximate surface area is 375 Å². The van der Waals surface area contributed by atoms with Crippen LogP contribution in [0.1, 0.15) is 38.5 Å². The first kappa shape index (κ1) is 47.9. The number of fused-ring (bicyclic) bond motifs is 3. The summed E-state index contributed by atoms with van der Waals surface area (Å²) < 4.78 is 21.0. The van der Waals surface area contributed by atoms with Crippen LogP contribution in [0.25, 0.3) is 27.5 Å². The van der Waals surface area contributed by atoms with E-state index < -0.39 is 12.1 Å². The molecule has 19 nitrogen and oxygen atoms in total. The third kappa shape index (κ3) is 11.6. The smallest absolute Gasteiger partial charge is 0.306 e. The molecule has 3 aromatic carbocycles. The van der Waals surface area contributed by atoms with E-state index in [0.717, 1.165) is 27.5 Å². The van der Waals surface area contributed by atoms with Gasteiger partial charge in [-0.2, -0.15) is 0 Å². The van der Waals surface area contributed by atoms with Crippen LogP contribution in [0.2, 0.25) is 0 Å². The topological polar surface area (TPSA) is 215 Å². The molecule has 0 aliphatic carbocycles. The zero-order valence-corrected chi connectivity index (χ0v) is 37.0. The van der Waals surface area contributed by atoms with Crippen LogP contribution in [-0.2, 0) is 57.3 Å². The fourth-order valence-corrected chi connectivity index (χ4v) is 8.12. The van der Waals surface area contributed by atoms with Crippen molar-refractivity contribution in [3.05, 3.63) is 66.7 Å². The zero-order chi connectivity index (χ0) is 46.6. The van der Waals surface area contributed by atoms with Crippen LogP contribution >= 0.6 is 0 Å². The highest BCUT2D eigenvalue weighted by Crippen LogP contribution is 2.36. The first-order chi connectivity index (χ1) is 31.4. The number of nitrogens with zero attached hydrogens (tertiary/aromatic N) is 5. The fourth-order valence-electron chi connectivity index (χ4n) is 8.12. The summed E-state index contributed by atoms with van der Waals surface area (Å²) in [6.07, 6.45) is 0.444. The Morgan fingerprint density at radius 3 is 1.38 bits per heavy atom. The number of hydrogen-bond donors (Lipinski definition) is 2. The van der Waals surface area contributed by atoms with Gasteiger partial charge in [-0.1, -0.05) is 18.2 Å². The van der Waals surface area contributed by atoms with E-state index in [2.05, 4.69) is 10.6 Å². The largest absolute Gasteiger partial charge is 0.469 e. The summed E-state index contributed by atoms with van der Waals surface area (Å²) in [5.74, 6) is -3.01. The minimum Gasteiger partial charge on any atom is -0.469 e. The molecule has 0 radical (unpaired) electrons. The molecule has 0 saturated carbocycles. The Hall–Kier alpha value is -6.54. The number of carbonyl (C=O) groups excluding carboxylic acids is 8. The molecule has 19 heteroatoms. The lowest BCUT2D eigenvalue weighted by Crippen LogP contribution is -2.43. The molecule has 2 fully saturated rings. The van der Waals surface area contributed by atoms with Crippen molar-refractivity contribution in [2.24, 2.45) is 0 Å². The van der Waals surface area contributed by atoms with Gasteiger partial charge in [0.05, 0.1) is 101 Å². The average Bonchev–Trinajstić information content (AvgIpc) is 3.91. The number of aromatic nitrogens is 1. The van der Waals surface area contributed by atoms with Crippen molar-refractivity contribution >= 4 is 80.7 Å². The maximum atomic E-state index is 13.7. The molecule has 2 N–H and O–H groups in total. The highest BCUT2D eigenvalue weighted by molar-refractivity contribution is 6.24. The maximum Gasteiger partial charge on any atom is 0.306 e. The van der Waals surface area contributed by atoms with Gasteiger partial charge >= 0.3 is 23.9 Å². The monoisotopic (exact) mass is 897 g/mol. The predicted molar refractivity (Wildman–Crippen MR) is 238 cm³/mol. The van der Waals surface area contributed by atoms with Gasteiger partial charge < -0.3 is 43.9 Å². The summed E-state index contributed by atoms with van der Waals surface area (Å²) in [6.45, 7) is 2.84. The molecule has 346 valence electrons. The molecule has 6 rings (SSSR count). The first-order valence-electron chi connectivity index (χ1n) is 21.4. The normalized spacial score (nSPS) is 16.4. The van der Waals surface area contributed by atoms with Crippen molar-refractivity contribution in [3.8, 4) is 5.69 Å². The van der Waals surface area contributed by atoms with Crippen LogP contribution in [0.15, 0.2) is 66.7 Å². The molecule has 2 atom stereocenters. The van der Waals surface area contributed by atoms with E-state index in [1.54, 1.807) is 18.2 Å². The number of carbonyl (C=O) groups is 8. The summed E-state index contributed by atoms with van der Waals surface area (Å²) in [5.41, 5.74) is 3.26. The van der Waals surface area contributed by atoms with E-state index in [4.69, 9.17) is 18.9 Å². The molecule has 4 aromatic rings. The second-order valence-corrected chi connectivity index (χ2v) is 15.6. The summed E-state index contributed by atoms with van der Waals surface area (Å²) in [6, 6.07) is 18.7. The standard InChI is InChI=1S/C46H55N7O12/c1-62-41(56)15-21-49(22-16-42(57)63-2)25-19-47-35-28-39(54)52(45(35)60)31-11-9-30(10-12-31)51-37-8-6-5-7-33(37)34-27-32(13-14-38(34)51)53-40(55)29-36(46(53)61)48-20-26-50(23-17-43(58)64-3)24-18-44(59)65-4/h5-14,27,35-36,47-48H,15-26,28-29H2,1-4H3. The lowest BCUT2D eigenvalue weighted by atomic mass is 10.1. The number of hydrogen-bond acceptors (Lipinski definition) is 16. The Bertz CT molecular complexity index is 2380. The number of nitrogens with one attached hydrogen (secondary N) is 2. The van der Waals surface area contributed by atoms with Gasteiger partial charge in [0, 0.05) is 68.8 Å². The third-order valence-corrected chi connectivity index (χ3v) is 11.7. The first-order valence-corrected chi connectivity index (χ1v) is 21.4. The van der Waals surface area contributed by atoms with Crippen LogP contribution in [0.5, 0.6) is 0 Å². The molecule has 2 saturated heterocycles. The van der Waals surface area contributed by atoms with Crippen molar-refractivity contribution in [2.45, 2.75) is 50.6 Å². The molecule has 2 unspecified atom stereocenters. The second kappa shape index (κ2) is 22.4. The number of esters is 4. The Morgan fingerprint density at radius 2 is 0.923 bits per heavy atom. The van der Waals surface area contributed by atoms with Crippen LogP contribution in [0.3, 0.4) is 0 Å². The summed E-state index contributed by atoms with van der Waals surface area (Å²) in [7, 11) is 5.23. The molecular formula is C46H55N7O12. The van der Waals surface area contributed by atoms with Gasteiger partial charge in [-0.05, 0) is 48.5 Å². The van der Waals surface area contributed by atoms with Crippen LogP contribution in [0, 0.1) is 0 Å². The molecule has 3 heterocycles. The number of benzene rings is 3. The minimum absolute atomic E-state index is 0.0332. The van der Waals surface area contributed by atoms with E-state index in [-0.39, 0.29) is 86.0 Å². The van der Waals surface area contributed by atoms with E-state index in [1.165, 1.54) is 38.2 Å².